The maximum absolute atomic E-state index is 13.1. The zero-order chi connectivity index (χ0) is 23.7. The van der Waals surface area contributed by atoms with Gasteiger partial charge in [-0.1, -0.05) is 64.3 Å². The molecule has 0 aliphatic carbocycles. The summed E-state index contributed by atoms with van der Waals surface area (Å²) in [5.41, 5.74) is 1.75. The molecule has 1 aromatic carbocycles. The summed E-state index contributed by atoms with van der Waals surface area (Å²) in [6, 6.07) is 6.98. The van der Waals surface area contributed by atoms with Gasteiger partial charge in [0.15, 0.2) is 0 Å². The SMILES string of the molecule is CCCCC[C@H](O)c1cccc(CN2O[C@@H](CO)[C@@H]([C@H](C)O)[C@H]2C(=O)NCCC(C)C)c1. The van der Waals surface area contributed by atoms with Gasteiger partial charge in [0, 0.05) is 12.5 Å². The van der Waals surface area contributed by atoms with Crippen molar-refractivity contribution in [3.63, 3.8) is 0 Å². The molecule has 0 saturated carbocycles. The Morgan fingerprint density at radius 2 is 1.94 bits per heavy atom. The Morgan fingerprint density at radius 1 is 1.19 bits per heavy atom. The monoisotopic (exact) mass is 450 g/mol. The number of hydrogen-bond donors (Lipinski definition) is 4. The molecular formula is C25H42N2O5. The molecule has 1 saturated heterocycles. The first kappa shape index (κ1) is 26.7. The summed E-state index contributed by atoms with van der Waals surface area (Å²) < 4.78 is 0. The van der Waals surface area contributed by atoms with E-state index in [4.69, 9.17) is 4.84 Å². The van der Waals surface area contributed by atoms with Crippen molar-refractivity contribution in [2.45, 2.75) is 90.7 Å². The van der Waals surface area contributed by atoms with Gasteiger partial charge in [0.25, 0.3) is 0 Å². The van der Waals surface area contributed by atoms with Crippen LogP contribution in [0.25, 0.3) is 0 Å². The van der Waals surface area contributed by atoms with Crippen molar-refractivity contribution in [3.05, 3.63) is 35.4 Å². The molecule has 5 atom stereocenters. The Kier molecular flexibility index (Phi) is 11.1. The lowest BCUT2D eigenvalue weighted by molar-refractivity contribution is -0.181. The van der Waals surface area contributed by atoms with E-state index in [1.165, 1.54) is 0 Å². The number of hydrogen-bond acceptors (Lipinski definition) is 6. The van der Waals surface area contributed by atoms with Gasteiger partial charge < -0.3 is 20.6 Å². The zero-order valence-electron chi connectivity index (χ0n) is 20.0. The highest BCUT2D eigenvalue weighted by molar-refractivity contribution is 5.82. The van der Waals surface area contributed by atoms with Gasteiger partial charge >= 0.3 is 0 Å². The van der Waals surface area contributed by atoms with Crippen LogP contribution in [0.5, 0.6) is 0 Å². The molecule has 2 rings (SSSR count). The summed E-state index contributed by atoms with van der Waals surface area (Å²) in [5.74, 6) is -0.277. The van der Waals surface area contributed by atoms with Crippen LogP contribution in [0.3, 0.4) is 0 Å². The number of nitrogens with one attached hydrogen (secondary N) is 1. The van der Waals surface area contributed by atoms with Crippen LogP contribution < -0.4 is 5.32 Å². The molecule has 0 aromatic heterocycles. The predicted octanol–water partition coefficient (Wildman–Crippen LogP) is 2.94. The van der Waals surface area contributed by atoms with Gasteiger partial charge in [0.05, 0.1) is 25.4 Å². The van der Waals surface area contributed by atoms with E-state index < -0.39 is 30.3 Å². The molecule has 1 aliphatic heterocycles. The number of benzene rings is 1. The van der Waals surface area contributed by atoms with Crippen LogP contribution in [0.15, 0.2) is 24.3 Å². The maximum Gasteiger partial charge on any atom is 0.240 e. The highest BCUT2D eigenvalue weighted by Gasteiger charge is 2.49. The molecule has 182 valence electrons. The molecular weight excluding hydrogens is 408 g/mol. The first-order valence-corrected chi connectivity index (χ1v) is 12.0. The van der Waals surface area contributed by atoms with E-state index in [2.05, 4.69) is 26.1 Å². The van der Waals surface area contributed by atoms with Crippen LogP contribution in [0, 0.1) is 11.8 Å². The molecule has 7 heteroatoms. The van der Waals surface area contributed by atoms with Gasteiger partial charge in [-0.05, 0) is 36.8 Å². The fourth-order valence-electron chi connectivity index (χ4n) is 4.30. The summed E-state index contributed by atoms with van der Waals surface area (Å²) >= 11 is 0. The molecule has 0 unspecified atom stereocenters. The standard InChI is InChI=1S/C25H42N2O5/c1-5-6-7-11-21(30)20-10-8-9-19(14-20)15-27-24(25(31)26-13-12-17(2)3)23(18(4)29)22(16-28)32-27/h8-10,14,17-18,21-24,28-30H,5-7,11-13,15-16H2,1-4H3,(H,26,31)/t18-,21-,22-,23+,24-/m0/s1. The van der Waals surface area contributed by atoms with Crippen LogP contribution in [0.4, 0.5) is 0 Å². The number of unbranched alkanes of at least 4 members (excludes halogenated alkanes) is 2. The molecule has 1 heterocycles. The van der Waals surface area contributed by atoms with Crippen molar-refractivity contribution in [3.8, 4) is 0 Å². The van der Waals surface area contributed by atoms with Crippen molar-refractivity contribution < 1.29 is 25.0 Å². The summed E-state index contributed by atoms with van der Waals surface area (Å²) in [5, 5.41) is 35.2. The third-order valence-electron chi connectivity index (χ3n) is 6.16. The van der Waals surface area contributed by atoms with E-state index in [1.54, 1.807) is 12.0 Å². The molecule has 32 heavy (non-hydrogen) atoms. The third kappa shape index (κ3) is 7.52. The van der Waals surface area contributed by atoms with Gasteiger partial charge in [-0.2, -0.15) is 5.06 Å². The Morgan fingerprint density at radius 3 is 2.56 bits per heavy atom. The zero-order valence-corrected chi connectivity index (χ0v) is 20.0. The summed E-state index contributed by atoms with van der Waals surface area (Å²) in [6.07, 6.45) is 2.76. The summed E-state index contributed by atoms with van der Waals surface area (Å²) in [4.78, 5) is 19.0. The Balaban J connectivity index is 2.16. The first-order chi connectivity index (χ1) is 15.3. The van der Waals surface area contributed by atoms with Crippen LogP contribution in [-0.4, -0.2) is 57.7 Å². The van der Waals surface area contributed by atoms with Gasteiger partial charge in [-0.25, -0.2) is 0 Å². The topological polar surface area (TPSA) is 102 Å². The first-order valence-electron chi connectivity index (χ1n) is 12.0. The number of nitrogens with zero attached hydrogens (tertiary/aromatic N) is 1. The van der Waals surface area contributed by atoms with Crippen molar-refractivity contribution >= 4 is 5.91 Å². The number of amides is 1. The number of hydroxylamine groups is 2. The van der Waals surface area contributed by atoms with Crippen molar-refractivity contribution in [1.82, 2.24) is 10.4 Å². The number of carbonyl (C=O) groups excluding carboxylic acids is 1. The van der Waals surface area contributed by atoms with E-state index >= 15 is 0 Å². The predicted molar refractivity (Wildman–Crippen MR) is 124 cm³/mol. The number of aliphatic hydroxyl groups excluding tert-OH is 3. The minimum absolute atomic E-state index is 0.205. The molecule has 1 aromatic rings. The molecule has 1 aliphatic rings. The molecule has 1 fully saturated rings. The van der Waals surface area contributed by atoms with Gasteiger partial charge in [-0.3, -0.25) is 9.63 Å². The van der Waals surface area contributed by atoms with E-state index in [9.17, 15) is 20.1 Å². The van der Waals surface area contributed by atoms with E-state index in [0.29, 0.717) is 19.0 Å². The van der Waals surface area contributed by atoms with Crippen LogP contribution in [0.2, 0.25) is 0 Å². The molecule has 0 spiro atoms. The number of aliphatic hydroxyl groups is 3. The average Bonchev–Trinajstić information content (AvgIpc) is 3.12. The molecule has 1 amide bonds. The largest absolute Gasteiger partial charge is 0.394 e. The molecule has 4 N–H and O–H groups in total. The van der Waals surface area contributed by atoms with Crippen molar-refractivity contribution in [1.29, 1.82) is 0 Å². The van der Waals surface area contributed by atoms with Gasteiger partial charge in [-0.15, -0.1) is 0 Å². The quantitative estimate of drug-likeness (QED) is 0.345. The van der Waals surface area contributed by atoms with E-state index in [-0.39, 0.29) is 12.5 Å². The molecule has 0 radical (unpaired) electrons. The molecule has 7 nitrogen and oxygen atoms in total. The Bertz CT molecular complexity index is 697. The Hall–Kier alpha value is -1.51. The average molecular weight is 451 g/mol. The lowest BCUT2D eigenvalue weighted by Crippen LogP contribution is -2.49. The van der Waals surface area contributed by atoms with Gasteiger partial charge in [0.2, 0.25) is 5.91 Å². The minimum Gasteiger partial charge on any atom is -0.394 e. The van der Waals surface area contributed by atoms with Crippen LogP contribution in [0.1, 0.15) is 77.0 Å². The molecule has 0 bridgehead atoms. The van der Waals surface area contributed by atoms with Crippen molar-refractivity contribution in [2.24, 2.45) is 11.8 Å². The second kappa shape index (κ2) is 13.3. The second-order valence-corrected chi connectivity index (χ2v) is 9.39. The Labute approximate surface area is 192 Å². The normalized spacial score (nSPS) is 23.4. The van der Waals surface area contributed by atoms with Crippen molar-refractivity contribution in [2.75, 3.05) is 13.2 Å². The van der Waals surface area contributed by atoms with Crippen LogP contribution in [-0.2, 0) is 16.2 Å². The summed E-state index contributed by atoms with van der Waals surface area (Å²) in [7, 11) is 0. The fraction of sp³-hybridized carbons (Fsp3) is 0.720. The van der Waals surface area contributed by atoms with E-state index in [0.717, 1.165) is 43.2 Å². The highest BCUT2D eigenvalue weighted by Crippen LogP contribution is 2.32. The number of rotatable bonds is 13. The van der Waals surface area contributed by atoms with Crippen LogP contribution >= 0.6 is 0 Å². The smallest absolute Gasteiger partial charge is 0.240 e. The lowest BCUT2D eigenvalue weighted by atomic mass is 9.89. The number of carbonyl (C=O) groups is 1. The minimum atomic E-state index is -0.815. The summed E-state index contributed by atoms with van der Waals surface area (Å²) in [6.45, 7) is 8.55. The fourth-order valence-corrected chi connectivity index (χ4v) is 4.30. The lowest BCUT2D eigenvalue weighted by Gasteiger charge is -2.26. The van der Waals surface area contributed by atoms with E-state index in [1.807, 2.05) is 24.3 Å². The second-order valence-electron chi connectivity index (χ2n) is 9.39. The third-order valence-corrected chi connectivity index (χ3v) is 6.16. The van der Waals surface area contributed by atoms with Gasteiger partial charge in [0.1, 0.15) is 12.1 Å². The maximum atomic E-state index is 13.1. The highest BCUT2D eigenvalue weighted by atomic mass is 16.7.